The van der Waals surface area contributed by atoms with Crippen molar-refractivity contribution in [3.63, 3.8) is 0 Å². The second-order valence-electron chi connectivity index (χ2n) is 4.13. The lowest BCUT2D eigenvalue weighted by Gasteiger charge is -2.23. The van der Waals surface area contributed by atoms with E-state index in [1.807, 2.05) is 6.92 Å². The number of hydrogen-bond donors (Lipinski definition) is 1. The number of nitrogens with zero attached hydrogens (tertiary/aromatic N) is 2. The van der Waals surface area contributed by atoms with Gasteiger partial charge in [0.15, 0.2) is 0 Å². The van der Waals surface area contributed by atoms with E-state index < -0.39 is 5.60 Å². The van der Waals surface area contributed by atoms with E-state index in [2.05, 4.69) is 5.10 Å². The van der Waals surface area contributed by atoms with E-state index in [9.17, 15) is 9.90 Å². The Morgan fingerprint density at radius 1 is 1.47 bits per heavy atom. The van der Waals surface area contributed by atoms with Gasteiger partial charge < -0.3 is 5.11 Å². The number of carbonyl (C=O) groups excluding carboxylic acids is 1. The summed E-state index contributed by atoms with van der Waals surface area (Å²) in [6.07, 6.45) is 3.05. The molecule has 5 heteroatoms. The number of aryl methyl sites for hydroxylation is 1. The predicted molar refractivity (Wildman–Crippen MR) is 67.4 cm³/mol. The Hall–Kier alpha value is -0.870. The maximum Gasteiger partial charge on any atom is 0.213 e. The van der Waals surface area contributed by atoms with Crippen molar-refractivity contribution in [3.8, 4) is 0 Å². The third-order valence-corrected chi connectivity index (χ3v) is 3.31. The van der Waals surface area contributed by atoms with Gasteiger partial charge in [0.2, 0.25) is 5.78 Å². The number of rotatable bonds is 6. The Morgan fingerprint density at radius 2 is 2.06 bits per heavy atom. The summed E-state index contributed by atoms with van der Waals surface area (Å²) in [4.78, 5) is 12.3. The first-order valence-electron chi connectivity index (χ1n) is 5.98. The molecule has 17 heavy (non-hydrogen) atoms. The zero-order chi connectivity index (χ0) is 13.1. The van der Waals surface area contributed by atoms with Crippen molar-refractivity contribution in [2.24, 2.45) is 0 Å². The molecule has 0 atom stereocenters. The van der Waals surface area contributed by atoms with Gasteiger partial charge in [0, 0.05) is 6.54 Å². The molecule has 1 heterocycles. The van der Waals surface area contributed by atoms with Gasteiger partial charge in [-0.25, -0.2) is 0 Å². The number of carbonyl (C=O) groups is 1. The van der Waals surface area contributed by atoms with Crippen LogP contribution < -0.4 is 0 Å². The largest absolute Gasteiger partial charge is 0.382 e. The van der Waals surface area contributed by atoms with Crippen molar-refractivity contribution in [1.82, 2.24) is 9.78 Å². The molecule has 0 unspecified atom stereocenters. The van der Waals surface area contributed by atoms with E-state index >= 15 is 0 Å². The molecule has 0 saturated heterocycles. The van der Waals surface area contributed by atoms with Crippen LogP contribution in [0.2, 0.25) is 5.02 Å². The molecule has 0 saturated carbocycles. The lowest BCUT2D eigenvalue weighted by atomic mass is 9.90. The summed E-state index contributed by atoms with van der Waals surface area (Å²) in [5.41, 5.74) is -1.02. The number of aromatic nitrogens is 2. The van der Waals surface area contributed by atoms with E-state index in [1.165, 1.54) is 6.20 Å². The molecule has 0 aliphatic carbocycles. The summed E-state index contributed by atoms with van der Waals surface area (Å²) in [7, 11) is 0. The van der Waals surface area contributed by atoms with Crippen molar-refractivity contribution in [2.45, 2.75) is 52.2 Å². The van der Waals surface area contributed by atoms with E-state index in [-0.39, 0.29) is 5.78 Å². The first-order chi connectivity index (χ1) is 8.00. The fourth-order valence-corrected chi connectivity index (χ4v) is 1.99. The summed E-state index contributed by atoms with van der Waals surface area (Å²) < 4.78 is 1.57. The fraction of sp³-hybridized carbons (Fsp3) is 0.667. The minimum absolute atomic E-state index is 0.309. The molecule has 0 aliphatic rings. The average Bonchev–Trinajstić information content (AvgIpc) is 2.69. The maximum absolute atomic E-state index is 12.3. The molecule has 4 nitrogen and oxygen atoms in total. The Bertz CT molecular complexity index is 397. The average molecular weight is 259 g/mol. The Kier molecular flexibility index (Phi) is 4.71. The van der Waals surface area contributed by atoms with E-state index in [4.69, 9.17) is 11.6 Å². The van der Waals surface area contributed by atoms with Crippen LogP contribution in [0.25, 0.3) is 0 Å². The maximum atomic E-state index is 12.3. The van der Waals surface area contributed by atoms with Gasteiger partial charge >= 0.3 is 0 Å². The van der Waals surface area contributed by atoms with E-state index in [1.54, 1.807) is 18.5 Å². The number of aliphatic hydroxyl groups is 1. The number of hydrogen-bond acceptors (Lipinski definition) is 3. The highest BCUT2D eigenvalue weighted by atomic mass is 35.5. The van der Waals surface area contributed by atoms with Crippen LogP contribution in [0, 0.1) is 0 Å². The third kappa shape index (κ3) is 2.69. The highest BCUT2D eigenvalue weighted by Crippen LogP contribution is 2.25. The van der Waals surface area contributed by atoms with Gasteiger partial charge in [-0.3, -0.25) is 9.48 Å². The van der Waals surface area contributed by atoms with Gasteiger partial charge in [-0.2, -0.15) is 5.10 Å². The van der Waals surface area contributed by atoms with Gasteiger partial charge in [0.1, 0.15) is 11.3 Å². The summed E-state index contributed by atoms with van der Waals surface area (Å²) in [5, 5.41) is 14.6. The van der Waals surface area contributed by atoms with Gasteiger partial charge in [-0.05, 0) is 19.3 Å². The van der Waals surface area contributed by atoms with Crippen molar-refractivity contribution in [3.05, 3.63) is 16.9 Å². The third-order valence-electron chi connectivity index (χ3n) is 3.04. The smallest absolute Gasteiger partial charge is 0.213 e. The monoisotopic (exact) mass is 258 g/mol. The second-order valence-corrected chi connectivity index (χ2v) is 4.54. The molecular formula is C12H19ClN2O2. The molecule has 1 aromatic heterocycles. The lowest BCUT2D eigenvalue weighted by molar-refractivity contribution is 0.0267. The van der Waals surface area contributed by atoms with Gasteiger partial charge in [0.05, 0.1) is 11.2 Å². The lowest BCUT2D eigenvalue weighted by Crippen LogP contribution is -2.38. The van der Waals surface area contributed by atoms with Crippen LogP contribution in [0.3, 0.4) is 0 Å². The number of Topliss-reactive ketones (excluding diaryl/α,β-unsaturated/α-hetero) is 1. The second kappa shape index (κ2) is 5.65. The predicted octanol–water partition coefficient (Wildman–Crippen LogP) is 2.68. The van der Waals surface area contributed by atoms with Crippen LogP contribution in [0.1, 0.15) is 50.5 Å². The first-order valence-corrected chi connectivity index (χ1v) is 6.36. The SMILES string of the molecule is CCCn1ncc(Cl)c1C(=O)C(O)(CC)CC. The van der Waals surface area contributed by atoms with E-state index in [0.29, 0.717) is 30.1 Å². The zero-order valence-electron chi connectivity index (χ0n) is 10.5. The highest BCUT2D eigenvalue weighted by Gasteiger charge is 2.36. The molecular weight excluding hydrogens is 240 g/mol. The molecule has 96 valence electrons. The van der Waals surface area contributed by atoms with Crippen LogP contribution in [-0.4, -0.2) is 26.3 Å². The molecule has 0 bridgehead atoms. The van der Waals surface area contributed by atoms with Crippen molar-refractivity contribution in [2.75, 3.05) is 0 Å². The molecule has 1 N–H and O–H groups in total. The number of ketones is 1. The van der Waals surface area contributed by atoms with Crippen LogP contribution >= 0.6 is 11.6 Å². The normalized spacial score (nSPS) is 11.8. The van der Waals surface area contributed by atoms with E-state index in [0.717, 1.165) is 6.42 Å². The Labute approximate surface area is 107 Å². The molecule has 0 aromatic carbocycles. The Morgan fingerprint density at radius 3 is 2.53 bits per heavy atom. The standard InChI is InChI=1S/C12H19ClN2O2/c1-4-7-15-10(9(13)8-14-15)11(16)12(17,5-2)6-3/h8,17H,4-7H2,1-3H3. The summed E-state index contributed by atoms with van der Waals surface area (Å²) in [6, 6.07) is 0. The minimum atomic E-state index is -1.34. The zero-order valence-corrected chi connectivity index (χ0v) is 11.3. The molecule has 1 rings (SSSR count). The molecule has 0 spiro atoms. The molecule has 1 aromatic rings. The van der Waals surface area contributed by atoms with Crippen molar-refractivity contribution >= 4 is 17.4 Å². The van der Waals surface area contributed by atoms with Crippen LogP contribution in [0.5, 0.6) is 0 Å². The number of halogens is 1. The quantitative estimate of drug-likeness (QED) is 0.798. The molecule has 0 aliphatic heterocycles. The van der Waals surface area contributed by atoms with Crippen LogP contribution in [0.4, 0.5) is 0 Å². The molecule has 0 amide bonds. The van der Waals surface area contributed by atoms with Gasteiger partial charge in [-0.1, -0.05) is 32.4 Å². The van der Waals surface area contributed by atoms with Crippen molar-refractivity contribution in [1.29, 1.82) is 0 Å². The van der Waals surface area contributed by atoms with Gasteiger partial charge in [-0.15, -0.1) is 0 Å². The Balaban J connectivity index is 3.15. The van der Waals surface area contributed by atoms with Crippen molar-refractivity contribution < 1.29 is 9.90 Å². The van der Waals surface area contributed by atoms with Crippen LogP contribution in [-0.2, 0) is 6.54 Å². The summed E-state index contributed by atoms with van der Waals surface area (Å²) in [6.45, 7) is 6.19. The minimum Gasteiger partial charge on any atom is -0.382 e. The van der Waals surface area contributed by atoms with Gasteiger partial charge in [0.25, 0.3) is 0 Å². The summed E-state index contributed by atoms with van der Waals surface area (Å²) in [5.74, 6) is -0.335. The summed E-state index contributed by atoms with van der Waals surface area (Å²) >= 11 is 5.98. The molecule has 0 radical (unpaired) electrons. The first kappa shape index (κ1) is 14.2. The topological polar surface area (TPSA) is 55.1 Å². The van der Waals surface area contributed by atoms with Crippen LogP contribution in [0.15, 0.2) is 6.20 Å². The fourth-order valence-electron chi connectivity index (χ4n) is 1.76. The highest BCUT2D eigenvalue weighted by molar-refractivity contribution is 6.34. The molecule has 0 fully saturated rings.